The zero-order valence-electron chi connectivity index (χ0n) is 12.4. The van der Waals surface area contributed by atoms with Gasteiger partial charge in [-0.05, 0) is 37.1 Å². The summed E-state index contributed by atoms with van der Waals surface area (Å²) in [6, 6.07) is 6.72. The molecule has 0 radical (unpaired) electrons. The Morgan fingerprint density at radius 1 is 1.35 bits per heavy atom. The molecule has 1 fully saturated rings. The van der Waals surface area contributed by atoms with Gasteiger partial charge < -0.3 is 15.3 Å². The van der Waals surface area contributed by atoms with Gasteiger partial charge in [-0.2, -0.15) is 0 Å². The lowest BCUT2D eigenvalue weighted by Crippen LogP contribution is -2.43. The molecule has 112 valence electrons. The van der Waals surface area contributed by atoms with Crippen LogP contribution in [0.4, 0.5) is 5.69 Å². The molecule has 20 heavy (non-hydrogen) atoms. The van der Waals surface area contributed by atoms with Crippen LogP contribution in [0.2, 0.25) is 0 Å². The van der Waals surface area contributed by atoms with Gasteiger partial charge in [-0.25, -0.2) is 0 Å². The first-order valence-electron chi connectivity index (χ1n) is 7.53. The molecule has 1 aromatic carbocycles. The number of anilines is 1. The van der Waals surface area contributed by atoms with E-state index in [1.165, 1.54) is 17.7 Å². The Morgan fingerprint density at radius 3 is 2.75 bits per heavy atom. The second kappa shape index (κ2) is 7.43. The van der Waals surface area contributed by atoms with Crippen LogP contribution in [0.5, 0.6) is 0 Å². The van der Waals surface area contributed by atoms with Crippen molar-refractivity contribution in [3.8, 4) is 0 Å². The average Bonchev–Trinajstić information content (AvgIpc) is 2.46. The molecule has 1 saturated carbocycles. The molecule has 4 heteroatoms. The number of nitrogens with zero attached hydrogens (tertiary/aromatic N) is 1. The van der Waals surface area contributed by atoms with Crippen LogP contribution in [0.3, 0.4) is 0 Å². The van der Waals surface area contributed by atoms with Gasteiger partial charge in [0.05, 0.1) is 12.1 Å². The van der Waals surface area contributed by atoms with E-state index in [1.807, 2.05) is 0 Å². The highest BCUT2D eigenvalue weighted by molar-refractivity contribution is 9.10. The van der Waals surface area contributed by atoms with Crippen LogP contribution in [0.25, 0.3) is 0 Å². The van der Waals surface area contributed by atoms with Crippen molar-refractivity contribution < 1.29 is 5.11 Å². The average molecular weight is 341 g/mol. The van der Waals surface area contributed by atoms with Gasteiger partial charge in [-0.1, -0.05) is 41.8 Å². The van der Waals surface area contributed by atoms with Crippen molar-refractivity contribution >= 4 is 21.6 Å². The minimum atomic E-state index is -0.200. The topological polar surface area (TPSA) is 35.5 Å². The van der Waals surface area contributed by atoms with Crippen LogP contribution in [0.1, 0.15) is 38.2 Å². The van der Waals surface area contributed by atoms with Crippen LogP contribution in [0, 0.1) is 0 Å². The van der Waals surface area contributed by atoms with Crippen molar-refractivity contribution in [1.82, 2.24) is 5.32 Å². The molecule has 0 saturated heterocycles. The zero-order valence-corrected chi connectivity index (χ0v) is 14.0. The Kier molecular flexibility index (Phi) is 5.87. The van der Waals surface area contributed by atoms with Crippen molar-refractivity contribution in [2.75, 3.05) is 18.5 Å². The molecule has 0 spiro atoms. The SMILES string of the molecule is CCNCc1ccc(N(C)C2CCCCC2O)cc1Br. The summed E-state index contributed by atoms with van der Waals surface area (Å²) < 4.78 is 1.13. The molecule has 2 N–H and O–H groups in total. The summed E-state index contributed by atoms with van der Waals surface area (Å²) in [5.74, 6) is 0. The third-order valence-electron chi connectivity index (χ3n) is 4.20. The lowest BCUT2D eigenvalue weighted by Gasteiger charge is -2.36. The Bertz CT molecular complexity index is 438. The van der Waals surface area contributed by atoms with Gasteiger partial charge in [0.2, 0.25) is 0 Å². The van der Waals surface area contributed by atoms with Crippen LogP contribution in [-0.4, -0.2) is 30.8 Å². The number of nitrogens with one attached hydrogen (secondary N) is 1. The summed E-state index contributed by atoms with van der Waals surface area (Å²) in [5.41, 5.74) is 2.44. The summed E-state index contributed by atoms with van der Waals surface area (Å²) in [6.07, 6.45) is 4.17. The monoisotopic (exact) mass is 340 g/mol. The van der Waals surface area contributed by atoms with Gasteiger partial charge >= 0.3 is 0 Å². The minimum Gasteiger partial charge on any atom is -0.391 e. The van der Waals surface area contributed by atoms with Crippen molar-refractivity contribution in [3.63, 3.8) is 0 Å². The second-order valence-corrected chi connectivity index (χ2v) is 6.44. The van der Waals surface area contributed by atoms with Gasteiger partial charge in [-0.3, -0.25) is 0 Å². The highest BCUT2D eigenvalue weighted by Gasteiger charge is 2.26. The van der Waals surface area contributed by atoms with Crippen molar-refractivity contribution in [2.45, 2.75) is 51.3 Å². The third-order valence-corrected chi connectivity index (χ3v) is 4.94. The van der Waals surface area contributed by atoms with Crippen LogP contribution >= 0.6 is 15.9 Å². The lowest BCUT2D eigenvalue weighted by molar-refractivity contribution is 0.106. The molecule has 2 rings (SSSR count). The lowest BCUT2D eigenvalue weighted by atomic mass is 9.91. The third kappa shape index (κ3) is 3.74. The number of likely N-dealkylation sites (N-methyl/N-ethyl adjacent to an activating group) is 1. The minimum absolute atomic E-state index is 0.200. The molecule has 2 unspecified atom stereocenters. The van der Waals surface area contributed by atoms with E-state index in [9.17, 15) is 5.11 Å². The molecule has 1 aromatic rings. The molecule has 0 aliphatic heterocycles. The maximum Gasteiger partial charge on any atom is 0.0743 e. The van der Waals surface area contributed by atoms with E-state index in [0.29, 0.717) is 0 Å². The van der Waals surface area contributed by atoms with Gasteiger partial charge in [0.15, 0.2) is 0 Å². The summed E-state index contributed by atoms with van der Waals surface area (Å²) >= 11 is 3.66. The van der Waals surface area contributed by atoms with Crippen molar-refractivity contribution in [3.05, 3.63) is 28.2 Å². The molecule has 1 aliphatic rings. The van der Waals surface area contributed by atoms with E-state index in [1.54, 1.807) is 0 Å². The van der Waals surface area contributed by atoms with E-state index in [0.717, 1.165) is 36.8 Å². The van der Waals surface area contributed by atoms with Crippen LogP contribution in [0.15, 0.2) is 22.7 Å². The van der Waals surface area contributed by atoms with E-state index >= 15 is 0 Å². The Labute approximate surface area is 130 Å². The second-order valence-electron chi connectivity index (χ2n) is 5.59. The fraction of sp³-hybridized carbons (Fsp3) is 0.625. The Balaban J connectivity index is 2.09. The molecular formula is C16H25BrN2O. The van der Waals surface area contributed by atoms with Gasteiger partial charge in [0, 0.05) is 23.8 Å². The highest BCUT2D eigenvalue weighted by atomic mass is 79.9. The predicted molar refractivity (Wildman–Crippen MR) is 88.2 cm³/mol. The van der Waals surface area contributed by atoms with Crippen LogP contribution < -0.4 is 10.2 Å². The predicted octanol–water partition coefficient (Wildman–Crippen LogP) is 3.30. The molecule has 3 nitrogen and oxygen atoms in total. The van der Waals surface area contributed by atoms with Gasteiger partial charge in [-0.15, -0.1) is 0 Å². The van der Waals surface area contributed by atoms with Gasteiger partial charge in [0.25, 0.3) is 0 Å². The highest BCUT2D eigenvalue weighted by Crippen LogP contribution is 2.29. The fourth-order valence-electron chi connectivity index (χ4n) is 2.89. The smallest absolute Gasteiger partial charge is 0.0743 e. The molecule has 1 aliphatic carbocycles. The van der Waals surface area contributed by atoms with E-state index in [4.69, 9.17) is 0 Å². The van der Waals surface area contributed by atoms with Gasteiger partial charge in [0.1, 0.15) is 0 Å². The Morgan fingerprint density at radius 2 is 2.10 bits per heavy atom. The summed E-state index contributed by atoms with van der Waals surface area (Å²) in [5, 5.41) is 13.5. The normalized spacial score (nSPS) is 22.8. The molecule has 0 amide bonds. The summed E-state index contributed by atoms with van der Waals surface area (Å²) in [6.45, 7) is 3.97. The number of benzene rings is 1. The largest absolute Gasteiger partial charge is 0.391 e. The number of hydrogen-bond acceptors (Lipinski definition) is 3. The zero-order chi connectivity index (χ0) is 14.5. The van der Waals surface area contributed by atoms with Crippen LogP contribution in [-0.2, 0) is 6.54 Å². The molecule has 0 heterocycles. The number of rotatable bonds is 5. The standard InChI is InChI=1S/C16H25BrN2O/c1-3-18-11-12-8-9-13(10-14(12)17)19(2)15-6-4-5-7-16(15)20/h8-10,15-16,18,20H,3-7,11H2,1-2H3. The van der Waals surface area contributed by atoms with Crippen molar-refractivity contribution in [2.24, 2.45) is 0 Å². The molecule has 0 bridgehead atoms. The fourth-order valence-corrected chi connectivity index (χ4v) is 3.40. The maximum atomic E-state index is 10.2. The molecule has 0 aromatic heterocycles. The first kappa shape index (κ1) is 15.8. The van der Waals surface area contributed by atoms with E-state index < -0.39 is 0 Å². The molecule has 2 atom stereocenters. The Hall–Kier alpha value is -0.580. The number of aliphatic hydroxyl groups excluding tert-OH is 1. The maximum absolute atomic E-state index is 10.2. The van der Waals surface area contributed by atoms with E-state index in [-0.39, 0.29) is 12.1 Å². The number of hydrogen-bond donors (Lipinski definition) is 2. The summed E-state index contributed by atoms with van der Waals surface area (Å²) in [4.78, 5) is 2.23. The molecular weight excluding hydrogens is 316 g/mol. The van der Waals surface area contributed by atoms with Crippen molar-refractivity contribution in [1.29, 1.82) is 0 Å². The first-order chi connectivity index (χ1) is 9.63. The number of halogens is 1. The quantitative estimate of drug-likeness (QED) is 0.863. The number of aliphatic hydroxyl groups is 1. The first-order valence-corrected chi connectivity index (χ1v) is 8.32. The van der Waals surface area contributed by atoms with E-state index in [2.05, 4.69) is 58.3 Å². The summed E-state index contributed by atoms with van der Waals surface area (Å²) in [7, 11) is 2.09.